The summed E-state index contributed by atoms with van der Waals surface area (Å²) in [7, 11) is 0. The second-order valence-corrected chi connectivity index (χ2v) is 5.09. The third-order valence-corrected chi connectivity index (χ3v) is 3.39. The van der Waals surface area contributed by atoms with Gasteiger partial charge in [-0.3, -0.25) is 10.1 Å². The Balaban J connectivity index is 2.21. The Labute approximate surface area is 130 Å². The summed E-state index contributed by atoms with van der Waals surface area (Å²) in [5.74, 6) is 0.114. The molecule has 0 radical (unpaired) electrons. The molecule has 0 spiro atoms. The van der Waals surface area contributed by atoms with Gasteiger partial charge in [-0.25, -0.2) is 0 Å². The monoisotopic (exact) mass is 327 g/mol. The van der Waals surface area contributed by atoms with Crippen molar-refractivity contribution in [3.63, 3.8) is 0 Å². The van der Waals surface area contributed by atoms with Crippen LogP contribution < -0.4 is 4.74 Å². The smallest absolute Gasteiger partial charge is 0.311 e. The molecule has 0 atom stereocenters. The van der Waals surface area contributed by atoms with Crippen LogP contribution in [0.25, 0.3) is 0 Å². The molecule has 7 heteroatoms. The first-order valence-corrected chi connectivity index (χ1v) is 6.71. The Bertz CT molecular complexity index is 676. The van der Waals surface area contributed by atoms with Gasteiger partial charge in [0, 0.05) is 21.7 Å². The number of nitro benzene ring substituents is 1. The minimum Gasteiger partial charge on any atom is -0.482 e. The largest absolute Gasteiger partial charge is 0.482 e. The molecule has 0 aliphatic rings. The topological polar surface area (TPSA) is 72.6 Å². The van der Waals surface area contributed by atoms with Gasteiger partial charge in [-0.2, -0.15) is 0 Å². The molecule has 0 aromatic heterocycles. The van der Waals surface area contributed by atoms with Crippen LogP contribution in [0.1, 0.15) is 11.1 Å². The van der Waals surface area contributed by atoms with Crippen LogP contribution in [0.15, 0.2) is 36.4 Å². The highest BCUT2D eigenvalue weighted by atomic mass is 35.5. The molecular formula is C14H11Cl2NO4. The fourth-order valence-electron chi connectivity index (χ4n) is 1.72. The minimum absolute atomic E-state index is 0.0787. The van der Waals surface area contributed by atoms with E-state index in [1.54, 1.807) is 24.3 Å². The predicted molar refractivity (Wildman–Crippen MR) is 79.8 cm³/mol. The van der Waals surface area contributed by atoms with Gasteiger partial charge < -0.3 is 9.84 Å². The zero-order valence-corrected chi connectivity index (χ0v) is 12.3. The number of nitro groups is 1. The number of rotatable bonds is 5. The molecule has 0 saturated carbocycles. The number of ether oxygens (including phenoxy) is 1. The van der Waals surface area contributed by atoms with Crippen molar-refractivity contribution in [2.24, 2.45) is 0 Å². The minimum atomic E-state index is -0.558. The molecule has 0 amide bonds. The van der Waals surface area contributed by atoms with Gasteiger partial charge in [0.05, 0.1) is 11.5 Å². The van der Waals surface area contributed by atoms with Crippen molar-refractivity contribution in [2.45, 2.75) is 13.2 Å². The van der Waals surface area contributed by atoms with Gasteiger partial charge >= 0.3 is 5.69 Å². The number of nitrogens with zero attached hydrogens (tertiary/aromatic N) is 1. The van der Waals surface area contributed by atoms with Gasteiger partial charge in [-0.05, 0) is 23.8 Å². The highest BCUT2D eigenvalue weighted by Crippen LogP contribution is 2.30. The van der Waals surface area contributed by atoms with Crippen molar-refractivity contribution in [1.82, 2.24) is 0 Å². The molecule has 2 aromatic rings. The first-order chi connectivity index (χ1) is 10.0. The lowest BCUT2D eigenvalue weighted by molar-refractivity contribution is -0.386. The van der Waals surface area contributed by atoms with Gasteiger partial charge in [0.25, 0.3) is 0 Å². The molecule has 0 unspecified atom stereocenters. The van der Waals surface area contributed by atoms with Gasteiger partial charge in [0.2, 0.25) is 0 Å². The average molecular weight is 328 g/mol. The van der Waals surface area contributed by atoms with E-state index >= 15 is 0 Å². The van der Waals surface area contributed by atoms with Gasteiger partial charge in [-0.1, -0.05) is 35.3 Å². The molecule has 110 valence electrons. The van der Waals surface area contributed by atoms with Crippen LogP contribution in [0.5, 0.6) is 5.75 Å². The summed E-state index contributed by atoms with van der Waals surface area (Å²) in [6, 6.07) is 9.22. The third-order valence-electron chi connectivity index (χ3n) is 2.80. The molecular weight excluding hydrogens is 317 g/mol. The summed E-state index contributed by atoms with van der Waals surface area (Å²) in [5, 5.41) is 21.0. The second kappa shape index (κ2) is 6.76. The average Bonchev–Trinajstić information content (AvgIpc) is 2.46. The van der Waals surface area contributed by atoms with Crippen LogP contribution in [-0.2, 0) is 13.2 Å². The highest BCUT2D eigenvalue weighted by Gasteiger charge is 2.16. The second-order valence-electron chi connectivity index (χ2n) is 4.24. The lowest BCUT2D eigenvalue weighted by Crippen LogP contribution is -2.00. The van der Waals surface area contributed by atoms with Crippen molar-refractivity contribution >= 4 is 28.9 Å². The summed E-state index contributed by atoms with van der Waals surface area (Å²) >= 11 is 11.8. The van der Waals surface area contributed by atoms with E-state index in [0.29, 0.717) is 21.2 Å². The van der Waals surface area contributed by atoms with E-state index in [1.165, 1.54) is 12.1 Å². The number of halogens is 2. The van der Waals surface area contributed by atoms with E-state index in [0.717, 1.165) is 0 Å². The first-order valence-electron chi connectivity index (χ1n) is 5.96. The van der Waals surface area contributed by atoms with Crippen LogP contribution in [0, 0.1) is 10.1 Å². The zero-order valence-electron chi connectivity index (χ0n) is 10.8. The summed E-state index contributed by atoms with van der Waals surface area (Å²) in [6.07, 6.45) is 0. The van der Waals surface area contributed by atoms with Crippen molar-refractivity contribution < 1.29 is 14.8 Å². The first kappa shape index (κ1) is 15.6. The summed E-state index contributed by atoms with van der Waals surface area (Å²) in [6.45, 7) is -0.195. The van der Waals surface area contributed by atoms with Crippen LogP contribution in [0.3, 0.4) is 0 Å². The molecule has 2 rings (SSSR count). The lowest BCUT2D eigenvalue weighted by atomic mass is 10.2. The normalized spacial score (nSPS) is 10.4. The Morgan fingerprint density at radius 2 is 1.95 bits per heavy atom. The molecule has 0 bridgehead atoms. The molecule has 21 heavy (non-hydrogen) atoms. The maximum atomic E-state index is 11.0. The van der Waals surface area contributed by atoms with Crippen molar-refractivity contribution in [1.29, 1.82) is 0 Å². The van der Waals surface area contributed by atoms with Crippen molar-refractivity contribution in [2.75, 3.05) is 0 Å². The molecule has 2 aromatic carbocycles. The van der Waals surface area contributed by atoms with Crippen LogP contribution in [0.4, 0.5) is 5.69 Å². The van der Waals surface area contributed by atoms with E-state index in [9.17, 15) is 10.1 Å². The maximum Gasteiger partial charge on any atom is 0.311 e. The van der Waals surface area contributed by atoms with Gasteiger partial charge in [-0.15, -0.1) is 0 Å². The molecule has 0 fully saturated rings. The van der Waals surface area contributed by atoms with E-state index in [1.807, 2.05) is 0 Å². The van der Waals surface area contributed by atoms with Crippen LogP contribution in [0.2, 0.25) is 10.0 Å². The number of aliphatic hydroxyl groups excluding tert-OH is 1. The number of benzene rings is 2. The Morgan fingerprint density at radius 3 is 2.57 bits per heavy atom. The van der Waals surface area contributed by atoms with E-state index in [4.69, 9.17) is 33.0 Å². The molecule has 0 saturated heterocycles. The number of hydrogen-bond acceptors (Lipinski definition) is 4. The van der Waals surface area contributed by atoms with E-state index in [2.05, 4.69) is 0 Å². The van der Waals surface area contributed by atoms with Gasteiger partial charge in [0.1, 0.15) is 6.61 Å². The maximum absolute atomic E-state index is 11.0. The Kier molecular flexibility index (Phi) is 5.01. The number of hydrogen-bond donors (Lipinski definition) is 1. The Morgan fingerprint density at radius 1 is 1.19 bits per heavy atom. The zero-order chi connectivity index (χ0) is 15.4. The van der Waals surface area contributed by atoms with Crippen LogP contribution >= 0.6 is 23.2 Å². The molecule has 0 aliphatic carbocycles. The quantitative estimate of drug-likeness (QED) is 0.666. The fraction of sp³-hybridized carbons (Fsp3) is 0.143. The fourth-order valence-corrected chi connectivity index (χ4v) is 2.18. The van der Waals surface area contributed by atoms with Gasteiger partial charge in [0.15, 0.2) is 5.75 Å². The summed E-state index contributed by atoms with van der Waals surface area (Å²) in [4.78, 5) is 10.5. The molecule has 0 aliphatic heterocycles. The van der Waals surface area contributed by atoms with E-state index in [-0.39, 0.29) is 24.7 Å². The predicted octanol–water partition coefficient (Wildman–Crippen LogP) is 3.97. The molecule has 1 N–H and O–H groups in total. The van der Waals surface area contributed by atoms with E-state index < -0.39 is 4.92 Å². The Hall–Kier alpha value is -1.82. The summed E-state index contributed by atoms with van der Waals surface area (Å²) in [5.41, 5.74) is 0.909. The van der Waals surface area contributed by atoms with Crippen molar-refractivity contribution in [3.8, 4) is 5.75 Å². The third kappa shape index (κ3) is 3.85. The molecule has 0 heterocycles. The lowest BCUT2D eigenvalue weighted by Gasteiger charge is -2.09. The highest BCUT2D eigenvalue weighted by molar-refractivity contribution is 6.35. The standard InChI is InChI=1S/C14H11Cl2NO4/c15-11-3-2-10(12(16)6-11)8-21-14-4-1-9(7-18)5-13(14)17(19)20/h1-6,18H,7-8H2. The summed E-state index contributed by atoms with van der Waals surface area (Å²) < 4.78 is 5.45. The SMILES string of the molecule is O=[N+]([O-])c1cc(CO)ccc1OCc1ccc(Cl)cc1Cl. The van der Waals surface area contributed by atoms with Crippen molar-refractivity contribution in [3.05, 3.63) is 67.7 Å². The molecule has 5 nitrogen and oxygen atoms in total. The van der Waals surface area contributed by atoms with Crippen LogP contribution in [-0.4, -0.2) is 10.0 Å². The number of aliphatic hydroxyl groups is 1.